The van der Waals surface area contributed by atoms with E-state index < -0.39 is 0 Å². The molecule has 0 amide bonds. The largest absolute Gasteiger partial charge is 0.489 e. The van der Waals surface area contributed by atoms with Crippen LogP contribution in [-0.4, -0.2) is 0 Å². The molecule has 4 heteroatoms. The molecule has 1 unspecified atom stereocenters. The van der Waals surface area contributed by atoms with Gasteiger partial charge in [-0.2, -0.15) is 0 Å². The zero-order chi connectivity index (χ0) is 13.8. The van der Waals surface area contributed by atoms with E-state index in [0.717, 1.165) is 10.0 Å². The van der Waals surface area contributed by atoms with Crippen LogP contribution >= 0.6 is 15.9 Å². The molecule has 0 saturated heterocycles. The highest BCUT2D eigenvalue weighted by Crippen LogP contribution is 2.21. The van der Waals surface area contributed by atoms with Gasteiger partial charge >= 0.3 is 0 Å². The summed E-state index contributed by atoms with van der Waals surface area (Å²) in [4.78, 5) is 0. The average molecular weight is 324 g/mol. The van der Waals surface area contributed by atoms with Crippen molar-refractivity contribution in [3.63, 3.8) is 0 Å². The fourth-order valence-electron chi connectivity index (χ4n) is 1.76. The Morgan fingerprint density at radius 2 is 2.05 bits per heavy atom. The number of rotatable bonds is 4. The molecule has 0 heterocycles. The summed E-state index contributed by atoms with van der Waals surface area (Å²) in [6, 6.07) is 12.2. The van der Waals surface area contributed by atoms with Gasteiger partial charge in [-0.25, -0.2) is 4.39 Å². The predicted molar refractivity (Wildman–Crippen MR) is 77.5 cm³/mol. The van der Waals surface area contributed by atoms with Crippen LogP contribution in [-0.2, 0) is 6.61 Å². The first-order chi connectivity index (χ1) is 9.06. The molecule has 0 spiro atoms. The normalized spacial score (nSPS) is 12.2. The Hall–Kier alpha value is -1.39. The monoisotopic (exact) mass is 323 g/mol. The van der Waals surface area contributed by atoms with Gasteiger partial charge in [-0.3, -0.25) is 0 Å². The second-order valence-electron chi connectivity index (χ2n) is 4.39. The second-order valence-corrected chi connectivity index (χ2v) is 5.31. The van der Waals surface area contributed by atoms with Crippen molar-refractivity contribution in [2.75, 3.05) is 0 Å². The first-order valence-corrected chi connectivity index (χ1v) is 6.78. The molecular formula is C15H15BrFNO. The molecule has 2 aromatic carbocycles. The lowest BCUT2D eigenvalue weighted by Crippen LogP contribution is -2.07. The van der Waals surface area contributed by atoms with Crippen LogP contribution in [0, 0.1) is 5.82 Å². The van der Waals surface area contributed by atoms with Crippen LogP contribution in [0.2, 0.25) is 0 Å². The fraction of sp³-hybridized carbons (Fsp3) is 0.200. The minimum absolute atomic E-state index is 0.320. The summed E-state index contributed by atoms with van der Waals surface area (Å²) >= 11 is 3.40. The molecule has 0 saturated carbocycles. The number of nitrogens with two attached hydrogens (primary N) is 1. The minimum Gasteiger partial charge on any atom is -0.489 e. The third-order valence-corrected chi connectivity index (χ3v) is 3.25. The summed E-state index contributed by atoms with van der Waals surface area (Å²) in [5.74, 6) is 0.170. The lowest BCUT2D eigenvalue weighted by molar-refractivity contribution is 0.304. The Balaban J connectivity index is 2.06. The summed E-state index contributed by atoms with van der Waals surface area (Å²) in [6.07, 6.45) is 0. The Kier molecular flexibility index (Phi) is 4.56. The Morgan fingerprint density at radius 3 is 2.68 bits per heavy atom. The van der Waals surface area contributed by atoms with Crippen molar-refractivity contribution in [2.24, 2.45) is 5.73 Å². The third-order valence-electron chi connectivity index (χ3n) is 2.76. The van der Waals surface area contributed by atoms with Crippen LogP contribution in [0.15, 0.2) is 46.9 Å². The van der Waals surface area contributed by atoms with Crippen LogP contribution < -0.4 is 10.5 Å². The molecular weight excluding hydrogens is 309 g/mol. The smallest absolute Gasteiger partial charge is 0.131 e. The van der Waals surface area contributed by atoms with E-state index in [1.54, 1.807) is 19.1 Å². The highest BCUT2D eigenvalue weighted by molar-refractivity contribution is 9.10. The summed E-state index contributed by atoms with van der Waals surface area (Å²) in [5.41, 5.74) is 7.17. The zero-order valence-corrected chi connectivity index (χ0v) is 12.2. The van der Waals surface area contributed by atoms with Crippen LogP contribution in [0.4, 0.5) is 4.39 Å². The molecule has 0 aliphatic carbocycles. The first kappa shape index (κ1) is 14.0. The minimum atomic E-state index is -0.332. The maximum atomic E-state index is 13.7. The molecule has 0 bridgehead atoms. The molecule has 2 nitrogen and oxygen atoms in total. The molecule has 1 atom stereocenters. The van der Waals surface area contributed by atoms with Gasteiger partial charge in [-0.1, -0.05) is 34.1 Å². The molecule has 0 aromatic heterocycles. The highest BCUT2D eigenvalue weighted by Gasteiger charge is 2.08. The number of hydrogen-bond acceptors (Lipinski definition) is 2. The Bertz CT molecular complexity index is 572. The summed E-state index contributed by atoms with van der Waals surface area (Å²) in [5, 5.41) is 0. The van der Waals surface area contributed by atoms with Gasteiger partial charge in [0.05, 0.1) is 0 Å². The SMILES string of the molecule is CC(N)c1ccc(OCc2cccc(Br)c2)cc1F. The highest BCUT2D eigenvalue weighted by atomic mass is 79.9. The number of hydrogen-bond donors (Lipinski definition) is 1. The van der Waals surface area contributed by atoms with Crippen LogP contribution in [0.25, 0.3) is 0 Å². The number of ether oxygens (including phenoxy) is 1. The quantitative estimate of drug-likeness (QED) is 0.915. The maximum absolute atomic E-state index is 13.7. The Morgan fingerprint density at radius 1 is 1.26 bits per heavy atom. The average Bonchev–Trinajstić information content (AvgIpc) is 2.36. The van der Waals surface area contributed by atoms with Crippen LogP contribution in [0.3, 0.4) is 0 Å². The van der Waals surface area contributed by atoms with E-state index in [9.17, 15) is 4.39 Å². The van der Waals surface area contributed by atoms with E-state index in [1.165, 1.54) is 6.07 Å². The first-order valence-electron chi connectivity index (χ1n) is 5.98. The molecule has 2 aromatic rings. The van der Waals surface area contributed by atoms with Crippen molar-refractivity contribution < 1.29 is 9.13 Å². The molecule has 0 aliphatic rings. The van der Waals surface area contributed by atoms with Crippen molar-refractivity contribution in [2.45, 2.75) is 19.6 Å². The van der Waals surface area contributed by atoms with Gasteiger partial charge in [-0.15, -0.1) is 0 Å². The standard InChI is InChI=1S/C15H15BrFNO/c1-10(18)14-6-5-13(8-15(14)17)19-9-11-3-2-4-12(16)7-11/h2-8,10H,9,18H2,1H3. The second kappa shape index (κ2) is 6.17. The summed E-state index contributed by atoms with van der Waals surface area (Å²) in [6.45, 7) is 2.15. The molecule has 0 radical (unpaired) electrons. The van der Waals surface area contributed by atoms with Crippen LogP contribution in [0.1, 0.15) is 24.1 Å². The van der Waals surface area contributed by atoms with E-state index in [1.807, 2.05) is 24.3 Å². The number of benzene rings is 2. The lowest BCUT2D eigenvalue weighted by atomic mass is 10.1. The summed E-state index contributed by atoms with van der Waals surface area (Å²) in [7, 11) is 0. The van der Waals surface area contributed by atoms with Gasteiger partial charge in [0.1, 0.15) is 18.2 Å². The van der Waals surface area contributed by atoms with Gasteiger partial charge in [0.15, 0.2) is 0 Å². The third kappa shape index (κ3) is 3.78. The van der Waals surface area contributed by atoms with Crippen molar-refractivity contribution in [1.29, 1.82) is 0 Å². The van der Waals surface area contributed by atoms with Crippen LogP contribution in [0.5, 0.6) is 5.75 Å². The molecule has 19 heavy (non-hydrogen) atoms. The van der Waals surface area contributed by atoms with E-state index >= 15 is 0 Å². The summed E-state index contributed by atoms with van der Waals surface area (Å²) < 4.78 is 20.3. The van der Waals surface area contributed by atoms with Gasteiger partial charge in [0, 0.05) is 22.1 Å². The van der Waals surface area contributed by atoms with Gasteiger partial charge in [-0.05, 0) is 30.7 Å². The Labute approximate surface area is 120 Å². The van der Waals surface area contributed by atoms with E-state index in [0.29, 0.717) is 17.9 Å². The van der Waals surface area contributed by atoms with Crippen molar-refractivity contribution in [1.82, 2.24) is 0 Å². The maximum Gasteiger partial charge on any atom is 0.131 e. The fourth-order valence-corrected chi connectivity index (χ4v) is 2.21. The van der Waals surface area contributed by atoms with Crippen molar-refractivity contribution >= 4 is 15.9 Å². The molecule has 0 aliphatic heterocycles. The van der Waals surface area contributed by atoms with Gasteiger partial charge < -0.3 is 10.5 Å². The van der Waals surface area contributed by atoms with Gasteiger partial charge in [0.25, 0.3) is 0 Å². The van der Waals surface area contributed by atoms with E-state index in [-0.39, 0.29) is 11.9 Å². The lowest BCUT2D eigenvalue weighted by Gasteiger charge is -2.10. The number of halogens is 2. The van der Waals surface area contributed by atoms with Crippen molar-refractivity contribution in [3.05, 3.63) is 63.9 Å². The molecule has 2 N–H and O–H groups in total. The predicted octanol–water partition coefficient (Wildman–Crippen LogP) is 4.19. The molecule has 0 fully saturated rings. The van der Waals surface area contributed by atoms with Crippen molar-refractivity contribution in [3.8, 4) is 5.75 Å². The van der Waals surface area contributed by atoms with E-state index in [4.69, 9.17) is 10.5 Å². The van der Waals surface area contributed by atoms with Gasteiger partial charge in [0.2, 0.25) is 0 Å². The topological polar surface area (TPSA) is 35.2 Å². The molecule has 2 rings (SSSR count). The zero-order valence-electron chi connectivity index (χ0n) is 10.6. The van der Waals surface area contributed by atoms with E-state index in [2.05, 4.69) is 15.9 Å². The molecule has 100 valence electrons.